The van der Waals surface area contributed by atoms with E-state index in [0.717, 1.165) is 19.3 Å². The molecule has 1 fully saturated rings. The van der Waals surface area contributed by atoms with E-state index in [1.54, 1.807) is 0 Å². The summed E-state index contributed by atoms with van der Waals surface area (Å²) in [6.45, 7) is 0. The van der Waals surface area contributed by atoms with Gasteiger partial charge in [-0.25, -0.2) is 0 Å². The van der Waals surface area contributed by atoms with Gasteiger partial charge in [-0.3, -0.25) is 0 Å². The van der Waals surface area contributed by atoms with Crippen LogP contribution in [-0.2, 0) is 0 Å². The zero-order chi connectivity index (χ0) is 9.10. The van der Waals surface area contributed by atoms with Crippen molar-refractivity contribution in [3.05, 3.63) is 41.5 Å². The van der Waals surface area contributed by atoms with E-state index >= 15 is 0 Å². The number of hydrogen-bond acceptors (Lipinski definition) is 1. The number of benzene rings is 1. The summed E-state index contributed by atoms with van der Waals surface area (Å²) in [5, 5.41) is 9.58. The first-order valence-corrected chi connectivity index (χ1v) is 4.80. The summed E-state index contributed by atoms with van der Waals surface area (Å²) in [6, 6.07) is 10.2. The van der Waals surface area contributed by atoms with E-state index in [9.17, 15) is 5.11 Å². The molecule has 1 saturated carbocycles. The van der Waals surface area contributed by atoms with Crippen LogP contribution in [-0.4, -0.2) is 11.2 Å². The minimum atomic E-state index is -0.194. The van der Waals surface area contributed by atoms with Gasteiger partial charge < -0.3 is 5.11 Å². The van der Waals surface area contributed by atoms with Crippen molar-refractivity contribution in [1.82, 2.24) is 0 Å². The Morgan fingerprint density at radius 3 is 2.62 bits per heavy atom. The predicted octanol–water partition coefficient (Wildman–Crippen LogP) is 2.61. The van der Waals surface area contributed by atoms with Gasteiger partial charge in [0.25, 0.3) is 0 Å². The van der Waals surface area contributed by atoms with Crippen LogP contribution in [0.4, 0.5) is 0 Å². The molecule has 1 aromatic carbocycles. The Labute approximate surface area is 78.7 Å². The van der Waals surface area contributed by atoms with Gasteiger partial charge in [-0.2, -0.15) is 0 Å². The van der Waals surface area contributed by atoms with Crippen LogP contribution in [0.1, 0.15) is 24.8 Å². The third kappa shape index (κ3) is 1.99. The van der Waals surface area contributed by atoms with Crippen LogP contribution in [0.3, 0.4) is 0 Å². The molecule has 1 unspecified atom stereocenters. The van der Waals surface area contributed by atoms with Gasteiger partial charge in [-0.15, -0.1) is 0 Å². The molecular formula is C12H14O. The Morgan fingerprint density at radius 1 is 1.23 bits per heavy atom. The van der Waals surface area contributed by atoms with Gasteiger partial charge in [0.05, 0.1) is 6.10 Å². The fourth-order valence-electron chi connectivity index (χ4n) is 1.78. The summed E-state index contributed by atoms with van der Waals surface area (Å²) >= 11 is 0. The lowest BCUT2D eigenvalue weighted by atomic mass is 10.1. The summed E-state index contributed by atoms with van der Waals surface area (Å²) < 4.78 is 0. The molecule has 0 bridgehead atoms. The van der Waals surface area contributed by atoms with E-state index in [4.69, 9.17) is 0 Å². The fourth-order valence-corrected chi connectivity index (χ4v) is 1.78. The molecule has 1 aliphatic carbocycles. The first kappa shape index (κ1) is 8.52. The second-order valence-electron chi connectivity index (χ2n) is 3.54. The SMILES string of the molecule is OC1CCC/C1=C/c1ccccc1. The molecule has 1 N–H and O–H groups in total. The first-order chi connectivity index (χ1) is 6.36. The Bertz CT molecular complexity index is 300. The standard InChI is InChI=1S/C12H14O/c13-12-8-4-7-11(12)9-10-5-2-1-3-6-10/h1-3,5-6,9,12-13H,4,7-8H2/b11-9-. The Hall–Kier alpha value is -1.08. The minimum absolute atomic E-state index is 0.194. The highest BCUT2D eigenvalue weighted by Crippen LogP contribution is 2.26. The van der Waals surface area contributed by atoms with Crippen molar-refractivity contribution in [2.24, 2.45) is 0 Å². The highest BCUT2D eigenvalue weighted by Gasteiger charge is 2.17. The van der Waals surface area contributed by atoms with Gasteiger partial charge in [0.15, 0.2) is 0 Å². The van der Waals surface area contributed by atoms with Crippen LogP contribution in [0.5, 0.6) is 0 Å². The molecular weight excluding hydrogens is 160 g/mol. The third-order valence-electron chi connectivity index (χ3n) is 2.52. The molecule has 0 saturated heterocycles. The zero-order valence-corrected chi connectivity index (χ0v) is 7.61. The topological polar surface area (TPSA) is 20.2 Å². The van der Waals surface area contributed by atoms with Crippen molar-refractivity contribution in [1.29, 1.82) is 0 Å². The van der Waals surface area contributed by atoms with Crippen LogP contribution < -0.4 is 0 Å². The van der Waals surface area contributed by atoms with Gasteiger partial charge in [-0.1, -0.05) is 36.4 Å². The molecule has 1 aliphatic rings. The molecule has 2 rings (SSSR count). The van der Waals surface area contributed by atoms with Crippen molar-refractivity contribution in [3.63, 3.8) is 0 Å². The van der Waals surface area contributed by atoms with Gasteiger partial charge in [0, 0.05) is 0 Å². The van der Waals surface area contributed by atoms with Gasteiger partial charge in [0.1, 0.15) is 0 Å². The average molecular weight is 174 g/mol. The normalized spacial score (nSPS) is 25.3. The van der Waals surface area contributed by atoms with E-state index in [0.29, 0.717) is 0 Å². The summed E-state index contributed by atoms with van der Waals surface area (Å²) in [6.07, 6.45) is 5.02. The monoisotopic (exact) mass is 174 g/mol. The Morgan fingerprint density at radius 2 is 2.00 bits per heavy atom. The van der Waals surface area contributed by atoms with Crippen molar-refractivity contribution < 1.29 is 5.11 Å². The number of rotatable bonds is 1. The number of aliphatic hydroxyl groups excluding tert-OH is 1. The molecule has 0 amide bonds. The quantitative estimate of drug-likeness (QED) is 0.694. The maximum absolute atomic E-state index is 9.58. The van der Waals surface area contributed by atoms with Gasteiger partial charge >= 0.3 is 0 Å². The average Bonchev–Trinajstić information content (AvgIpc) is 2.54. The third-order valence-corrected chi connectivity index (χ3v) is 2.52. The Balaban J connectivity index is 2.20. The molecule has 0 heterocycles. The van der Waals surface area contributed by atoms with E-state index in [2.05, 4.69) is 18.2 Å². The molecule has 0 spiro atoms. The van der Waals surface area contributed by atoms with Crippen LogP contribution in [0.25, 0.3) is 6.08 Å². The van der Waals surface area contributed by atoms with Crippen molar-refractivity contribution in [3.8, 4) is 0 Å². The van der Waals surface area contributed by atoms with Crippen molar-refractivity contribution >= 4 is 6.08 Å². The minimum Gasteiger partial charge on any atom is -0.389 e. The van der Waals surface area contributed by atoms with E-state index in [-0.39, 0.29) is 6.10 Å². The molecule has 68 valence electrons. The summed E-state index contributed by atoms with van der Waals surface area (Å²) in [4.78, 5) is 0. The van der Waals surface area contributed by atoms with Gasteiger partial charge in [0.2, 0.25) is 0 Å². The predicted molar refractivity (Wildman–Crippen MR) is 54.3 cm³/mol. The lowest BCUT2D eigenvalue weighted by molar-refractivity contribution is 0.219. The van der Waals surface area contributed by atoms with Crippen LogP contribution in [0.15, 0.2) is 35.9 Å². The second-order valence-corrected chi connectivity index (χ2v) is 3.54. The van der Waals surface area contributed by atoms with Crippen LogP contribution in [0.2, 0.25) is 0 Å². The van der Waals surface area contributed by atoms with E-state index < -0.39 is 0 Å². The van der Waals surface area contributed by atoms with Crippen LogP contribution in [0, 0.1) is 0 Å². The Kier molecular flexibility index (Phi) is 2.46. The lowest BCUT2D eigenvalue weighted by Gasteiger charge is -2.03. The smallest absolute Gasteiger partial charge is 0.0753 e. The van der Waals surface area contributed by atoms with E-state index in [1.165, 1.54) is 11.1 Å². The highest BCUT2D eigenvalue weighted by atomic mass is 16.3. The first-order valence-electron chi connectivity index (χ1n) is 4.80. The summed E-state index contributed by atoms with van der Waals surface area (Å²) in [5.41, 5.74) is 2.38. The van der Waals surface area contributed by atoms with Crippen molar-refractivity contribution in [2.75, 3.05) is 0 Å². The molecule has 1 nitrogen and oxygen atoms in total. The maximum Gasteiger partial charge on any atom is 0.0753 e. The highest BCUT2D eigenvalue weighted by molar-refractivity contribution is 5.54. The number of aliphatic hydroxyl groups is 1. The number of hydrogen-bond donors (Lipinski definition) is 1. The summed E-state index contributed by atoms with van der Waals surface area (Å²) in [7, 11) is 0. The van der Waals surface area contributed by atoms with Crippen LogP contribution >= 0.6 is 0 Å². The molecule has 1 atom stereocenters. The molecule has 0 aromatic heterocycles. The molecule has 0 aliphatic heterocycles. The van der Waals surface area contributed by atoms with E-state index in [1.807, 2.05) is 18.2 Å². The largest absolute Gasteiger partial charge is 0.389 e. The lowest BCUT2D eigenvalue weighted by Crippen LogP contribution is -2.00. The molecule has 1 aromatic rings. The molecule has 1 heteroatoms. The van der Waals surface area contributed by atoms with Crippen molar-refractivity contribution in [2.45, 2.75) is 25.4 Å². The molecule has 0 radical (unpaired) electrons. The molecule has 13 heavy (non-hydrogen) atoms. The maximum atomic E-state index is 9.58. The summed E-state index contributed by atoms with van der Waals surface area (Å²) in [5.74, 6) is 0. The fraction of sp³-hybridized carbons (Fsp3) is 0.333. The zero-order valence-electron chi connectivity index (χ0n) is 7.61. The second kappa shape index (κ2) is 3.75. The van der Waals surface area contributed by atoms with Gasteiger partial charge in [-0.05, 0) is 30.4 Å².